The molecule has 0 spiro atoms. The maximum absolute atomic E-state index is 6.06. The Morgan fingerprint density at radius 2 is 1.18 bits per heavy atom. The fourth-order valence-electron chi connectivity index (χ4n) is 5.60. The van der Waals surface area contributed by atoms with Crippen molar-refractivity contribution < 1.29 is 9.47 Å². The molecular formula is C35H30N2O2. The van der Waals surface area contributed by atoms with Crippen molar-refractivity contribution in [2.24, 2.45) is 0 Å². The van der Waals surface area contributed by atoms with Crippen LogP contribution in [0.15, 0.2) is 140 Å². The molecule has 1 heterocycles. The van der Waals surface area contributed by atoms with E-state index in [1.807, 2.05) is 18.5 Å². The molecule has 0 N–H and O–H groups in total. The summed E-state index contributed by atoms with van der Waals surface area (Å²) in [4.78, 5) is 4.93. The van der Waals surface area contributed by atoms with Crippen LogP contribution >= 0.6 is 0 Å². The molecule has 4 heteroatoms. The number of aromatic nitrogens is 2. The molecule has 0 bridgehead atoms. The predicted octanol–water partition coefficient (Wildman–Crippen LogP) is 7.62. The van der Waals surface area contributed by atoms with Crippen LogP contribution in [-0.4, -0.2) is 23.8 Å². The van der Waals surface area contributed by atoms with Crippen LogP contribution < -0.4 is 4.74 Å². The first-order valence-corrected chi connectivity index (χ1v) is 13.1. The number of ether oxygens (including phenoxy) is 2. The zero-order chi connectivity index (χ0) is 26.7. The van der Waals surface area contributed by atoms with Crippen molar-refractivity contribution in [3.8, 4) is 5.75 Å². The summed E-state index contributed by atoms with van der Waals surface area (Å²) in [5.41, 5.74) is 4.73. The Labute approximate surface area is 229 Å². The highest BCUT2D eigenvalue weighted by molar-refractivity contribution is 5.84. The number of rotatable bonds is 8. The van der Waals surface area contributed by atoms with E-state index in [2.05, 4.69) is 126 Å². The van der Waals surface area contributed by atoms with Crippen LogP contribution in [0.25, 0.3) is 10.8 Å². The van der Waals surface area contributed by atoms with E-state index < -0.39 is 5.54 Å². The van der Waals surface area contributed by atoms with Crippen molar-refractivity contribution in [2.45, 2.75) is 11.6 Å². The summed E-state index contributed by atoms with van der Waals surface area (Å²) in [6, 6.07) is 44.3. The SMILES string of the molecule is COc1ccc2cc(C(OC)c3cn(C(c4ccccc4)(c4ccccc4)c4ccccc4)cn3)ccc2c1. The van der Waals surface area contributed by atoms with E-state index in [1.165, 1.54) is 0 Å². The van der Waals surface area contributed by atoms with E-state index in [0.29, 0.717) is 0 Å². The van der Waals surface area contributed by atoms with Gasteiger partial charge < -0.3 is 14.0 Å². The summed E-state index contributed by atoms with van der Waals surface area (Å²) < 4.78 is 13.7. The lowest BCUT2D eigenvalue weighted by Gasteiger charge is -2.37. The first-order chi connectivity index (χ1) is 19.2. The maximum Gasteiger partial charge on any atom is 0.126 e. The topological polar surface area (TPSA) is 36.3 Å². The monoisotopic (exact) mass is 510 g/mol. The Morgan fingerprint density at radius 3 is 1.72 bits per heavy atom. The minimum Gasteiger partial charge on any atom is -0.497 e. The number of benzene rings is 5. The lowest BCUT2D eigenvalue weighted by atomic mass is 9.77. The lowest BCUT2D eigenvalue weighted by molar-refractivity contribution is 0.133. The van der Waals surface area contributed by atoms with Crippen LogP contribution in [0, 0.1) is 0 Å². The molecule has 1 atom stereocenters. The standard InChI is InChI=1S/C35H30N2O2/c1-38-32-21-20-26-22-28(19-18-27(26)23-32)34(39-2)33-24-37(25-36-33)35(29-12-6-3-7-13-29,30-14-8-4-9-15-30)31-16-10-5-11-17-31/h3-25,34H,1-2H3. The molecule has 0 aliphatic heterocycles. The van der Waals surface area contributed by atoms with E-state index >= 15 is 0 Å². The number of methoxy groups -OCH3 is 2. The predicted molar refractivity (Wildman–Crippen MR) is 156 cm³/mol. The number of imidazole rings is 1. The van der Waals surface area contributed by atoms with Gasteiger partial charge in [-0.2, -0.15) is 0 Å². The summed E-state index contributed by atoms with van der Waals surface area (Å²) in [6.45, 7) is 0. The number of hydrogen-bond donors (Lipinski definition) is 0. The normalized spacial score (nSPS) is 12.4. The first kappa shape index (κ1) is 24.7. The quantitative estimate of drug-likeness (QED) is 0.198. The second-order valence-corrected chi connectivity index (χ2v) is 9.60. The van der Waals surface area contributed by atoms with Gasteiger partial charge in [-0.1, -0.05) is 109 Å². The van der Waals surface area contributed by atoms with Gasteiger partial charge in [0.05, 0.1) is 19.1 Å². The van der Waals surface area contributed by atoms with Crippen LogP contribution in [0.1, 0.15) is 34.1 Å². The highest BCUT2D eigenvalue weighted by Crippen LogP contribution is 2.41. The molecule has 0 amide bonds. The van der Waals surface area contributed by atoms with E-state index in [-0.39, 0.29) is 6.10 Å². The fraction of sp³-hybridized carbons (Fsp3) is 0.114. The smallest absolute Gasteiger partial charge is 0.126 e. The van der Waals surface area contributed by atoms with Gasteiger partial charge in [0.15, 0.2) is 0 Å². The van der Waals surface area contributed by atoms with Crippen molar-refractivity contribution in [2.75, 3.05) is 14.2 Å². The molecular weight excluding hydrogens is 480 g/mol. The molecule has 1 unspecified atom stereocenters. The summed E-state index contributed by atoms with van der Waals surface area (Å²) in [7, 11) is 3.42. The Hall–Kier alpha value is -4.67. The highest BCUT2D eigenvalue weighted by atomic mass is 16.5. The fourth-order valence-corrected chi connectivity index (χ4v) is 5.60. The van der Waals surface area contributed by atoms with Gasteiger partial charge in [-0.15, -0.1) is 0 Å². The van der Waals surface area contributed by atoms with Gasteiger partial charge in [0.25, 0.3) is 0 Å². The van der Waals surface area contributed by atoms with Crippen LogP contribution in [0.4, 0.5) is 0 Å². The van der Waals surface area contributed by atoms with Crippen molar-refractivity contribution in [1.82, 2.24) is 9.55 Å². The third-order valence-electron chi connectivity index (χ3n) is 7.44. The van der Waals surface area contributed by atoms with Crippen LogP contribution in [-0.2, 0) is 10.3 Å². The summed E-state index contributed by atoms with van der Waals surface area (Å²) in [6.07, 6.45) is 3.73. The van der Waals surface area contributed by atoms with Crippen molar-refractivity contribution in [3.63, 3.8) is 0 Å². The molecule has 0 radical (unpaired) electrons. The van der Waals surface area contributed by atoms with E-state index in [9.17, 15) is 0 Å². The molecule has 1 aromatic heterocycles. The number of nitrogens with zero attached hydrogens (tertiary/aromatic N) is 2. The molecule has 4 nitrogen and oxygen atoms in total. The van der Waals surface area contributed by atoms with Crippen molar-refractivity contribution >= 4 is 10.8 Å². The molecule has 0 saturated heterocycles. The number of hydrogen-bond acceptors (Lipinski definition) is 3. The third-order valence-corrected chi connectivity index (χ3v) is 7.44. The second kappa shape index (κ2) is 10.6. The first-order valence-electron chi connectivity index (χ1n) is 13.1. The van der Waals surface area contributed by atoms with Crippen molar-refractivity contribution in [1.29, 1.82) is 0 Å². The largest absolute Gasteiger partial charge is 0.497 e. The van der Waals surface area contributed by atoms with E-state index in [4.69, 9.17) is 14.5 Å². The average molecular weight is 511 g/mol. The summed E-state index contributed by atoms with van der Waals surface area (Å²) in [5.74, 6) is 0.844. The summed E-state index contributed by atoms with van der Waals surface area (Å²) in [5, 5.41) is 2.25. The van der Waals surface area contributed by atoms with E-state index in [0.717, 1.165) is 44.5 Å². The lowest BCUT2D eigenvalue weighted by Crippen LogP contribution is -2.37. The minimum atomic E-state index is -0.618. The molecule has 0 saturated carbocycles. The van der Waals surface area contributed by atoms with Gasteiger partial charge in [-0.25, -0.2) is 4.98 Å². The molecule has 0 aliphatic carbocycles. The second-order valence-electron chi connectivity index (χ2n) is 9.60. The Bertz CT molecular complexity index is 1580. The molecule has 0 aliphatic rings. The Morgan fingerprint density at radius 1 is 0.641 bits per heavy atom. The molecule has 5 aromatic carbocycles. The molecule has 0 fully saturated rings. The Balaban J connectivity index is 1.52. The van der Waals surface area contributed by atoms with Gasteiger partial charge in [0.2, 0.25) is 0 Å². The zero-order valence-electron chi connectivity index (χ0n) is 22.1. The van der Waals surface area contributed by atoms with Crippen molar-refractivity contribution in [3.05, 3.63) is 168 Å². The van der Waals surface area contributed by atoms with Gasteiger partial charge in [-0.3, -0.25) is 0 Å². The molecule has 6 rings (SSSR count). The van der Waals surface area contributed by atoms with Crippen LogP contribution in [0.3, 0.4) is 0 Å². The summed E-state index contributed by atoms with van der Waals surface area (Å²) >= 11 is 0. The molecule has 6 aromatic rings. The van der Waals surface area contributed by atoms with E-state index in [1.54, 1.807) is 14.2 Å². The Kier molecular flexibility index (Phi) is 6.70. The maximum atomic E-state index is 6.06. The van der Waals surface area contributed by atoms with Crippen LogP contribution in [0.2, 0.25) is 0 Å². The van der Waals surface area contributed by atoms with Gasteiger partial charge in [-0.05, 0) is 51.2 Å². The molecule has 39 heavy (non-hydrogen) atoms. The van der Waals surface area contributed by atoms with Gasteiger partial charge >= 0.3 is 0 Å². The third kappa shape index (κ3) is 4.39. The average Bonchev–Trinajstić information content (AvgIpc) is 3.49. The van der Waals surface area contributed by atoms with Crippen LogP contribution in [0.5, 0.6) is 5.75 Å². The molecule has 192 valence electrons. The zero-order valence-corrected chi connectivity index (χ0v) is 22.1. The highest BCUT2D eigenvalue weighted by Gasteiger charge is 2.38. The van der Waals surface area contributed by atoms with Gasteiger partial charge in [0.1, 0.15) is 17.4 Å². The number of fused-ring (bicyclic) bond motifs is 1. The van der Waals surface area contributed by atoms with Gasteiger partial charge in [0, 0.05) is 13.3 Å². The minimum absolute atomic E-state index is 0.322.